The molecule has 0 fully saturated rings. The van der Waals surface area contributed by atoms with E-state index >= 15 is 0 Å². The van der Waals surface area contributed by atoms with Gasteiger partial charge >= 0.3 is 0 Å². The van der Waals surface area contributed by atoms with Crippen molar-refractivity contribution < 1.29 is 0 Å². The molecule has 2 N–H and O–H groups in total. The predicted octanol–water partition coefficient (Wildman–Crippen LogP) is 4.59. The monoisotopic (exact) mass is 279 g/mol. The maximum atomic E-state index is 4.57. The minimum Gasteiger partial charge on any atom is -0.347 e. The van der Waals surface area contributed by atoms with Gasteiger partial charge in [0.25, 0.3) is 0 Å². The highest BCUT2D eigenvalue weighted by Crippen LogP contribution is 2.32. The molecule has 0 aliphatic heterocycles. The first kappa shape index (κ1) is 11.5. The maximum Gasteiger partial charge on any atom is 0.115 e. The molecular formula is C16H13N3S. The van der Waals surface area contributed by atoms with Gasteiger partial charge < -0.3 is 9.97 Å². The van der Waals surface area contributed by atoms with Gasteiger partial charge in [0, 0.05) is 28.2 Å². The fourth-order valence-corrected chi connectivity index (χ4v) is 3.09. The van der Waals surface area contributed by atoms with Crippen molar-refractivity contribution in [1.29, 1.82) is 0 Å². The Labute approximate surface area is 120 Å². The Hall–Kier alpha value is -2.33. The molecular weight excluding hydrogens is 266 g/mol. The van der Waals surface area contributed by atoms with Gasteiger partial charge in [-0.15, -0.1) is 11.3 Å². The number of thiazole rings is 1. The molecule has 0 spiro atoms. The maximum absolute atomic E-state index is 4.57. The van der Waals surface area contributed by atoms with Gasteiger partial charge in [-0.1, -0.05) is 30.3 Å². The Bertz CT molecular complexity index is 868. The van der Waals surface area contributed by atoms with Crippen LogP contribution in [0.3, 0.4) is 0 Å². The van der Waals surface area contributed by atoms with Crippen LogP contribution in [0.5, 0.6) is 0 Å². The van der Waals surface area contributed by atoms with E-state index in [-0.39, 0.29) is 0 Å². The number of hydrogen-bond acceptors (Lipinski definition) is 2. The normalized spacial score (nSPS) is 11.2. The molecule has 4 rings (SSSR count). The summed E-state index contributed by atoms with van der Waals surface area (Å²) in [4.78, 5) is 11.3. The minimum absolute atomic E-state index is 1.04. The van der Waals surface area contributed by atoms with Crippen molar-refractivity contribution in [3.63, 3.8) is 0 Å². The van der Waals surface area contributed by atoms with E-state index in [1.54, 1.807) is 11.3 Å². The van der Waals surface area contributed by atoms with Crippen molar-refractivity contribution in [3.05, 3.63) is 53.0 Å². The lowest BCUT2D eigenvalue weighted by atomic mass is 10.1. The highest BCUT2D eigenvalue weighted by molar-refractivity contribution is 7.09. The van der Waals surface area contributed by atoms with Crippen LogP contribution in [0.25, 0.3) is 33.5 Å². The second kappa shape index (κ2) is 4.35. The second-order valence-corrected chi connectivity index (χ2v) is 5.85. The Balaban J connectivity index is 1.87. The molecule has 0 saturated carbocycles. The van der Waals surface area contributed by atoms with Gasteiger partial charge in [0.15, 0.2) is 0 Å². The summed E-state index contributed by atoms with van der Waals surface area (Å²) in [6, 6.07) is 12.5. The summed E-state index contributed by atoms with van der Waals surface area (Å²) in [5, 5.41) is 4.38. The third kappa shape index (κ3) is 1.77. The molecule has 4 heteroatoms. The molecule has 0 bridgehead atoms. The van der Waals surface area contributed by atoms with Crippen LogP contribution in [0.4, 0.5) is 0 Å². The molecule has 0 radical (unpaired) electrons. The number of aryl methyl sites for hydroxylation is 1. The smallest absolute Gasteiger partial charge is 0.115 e. The molecule has 0 saturated heterocycles. The van der Waals surface area contributed by atoms with Gasteiger partial charge in [-0.2, -0.15) is 0 Å². The number of fused-ring (bicyclic) bond motifs is 1. The van der Waals surface area contributed by atoms with Crippen LogP contribution >= 0.6 is 11.3 Å². The van der Waals surface area contributed by atoms with E-state index in [0.717, 1.165) is 27.6 Å². The largest absolute Gasteiger partial charge is 0.347 e. The molecule has 3 heterocycles. The zero-order valence-electron chi connectivity index (χ0n) is 11.0. The van der Waals surface area contributed by atoms with Crippen LogP contribution in [-0.4, -0.2) is 15.0 Å². The molecule has 0 aliphatic carbocycles. The van der Waals surface area contributed by atoms with Crippen molar-refractivity contribution in [3.8, 4) is 22.5 Å². The van der Waals surface area contributed by atoms with Crippen LogP contribution < -0.4 is 0 Å². The number of benzene rings is 1. The average Bonchev–Trinajstić information content (AvgIpc) is 3.14. The SMILES string of the molecule is Cc1nc(-c2c[nH]c3[nH]c(-c4ccccc4)cc23)cs1. The van der Waals surface area contributed by atoms with Crippen LogP contribution in [-0.2, 0) is 0 Å². The third-order valence-electron chi connectivity index (χ3n) is 3.45. The summed E-state index contributed by atoms with van der Waals surface area (Å²) in [6.45, 7) is 2.03. The zero-order valence-corrected chi connectivity index (χ0v) is 11.8. The number of aromatic amines is 2. The van der Waals surface area contributed by atoms with Crippen LogP contribution in [0.15, 0.2) is 48.0 Å². The third-order valence-corrected chi connectivity index (χ3v) is 4.22. The van der Waals surface area contributed by atoms with Crippen LogP contribution in [0.2, 0.25) is 0 Å². The van der Waals surface area contributed by atoms with Gasteiger partial charge in [0.1, 0.15) is 5.65 Å². The van der Waals surface area contributed by atoms with E-state index in [0.29, 0.717) is 0 Å². The first-order valence-electron chi connectivity index (χ1n) is 6.49. The fraction of sp³-hybridized carbons (Fsp3) is 0.0625. The first-order valence-corrected chi connectivity index (χ1v) is 7.37. The summed E-state index contributed by atoms with van der Waals surface area (Å²) in [5.41, 5.74) is 5.56. The average molecular weight is 279 g/mol. The van der Waals surface area contributed by atoms with E-state index in [4.69, 9.17) is 0 Å². The van der Waals surface area contributed by atoms with Crippen LogP contribution in [0.1, 0.15) is 5.01 Å². The van der Waals surface area contributed by atoms with Gasteiger partial charge in [-0.3, -0.25) is 0 Å². The number of H-pyrrole nitrogens is 2. The topological polar surface area (TPSA) is 44.5 Å². The van der Waals surface area contributed by atoms with Crippen molar-refractivity contribution in [2.75, 3.05) is 0 Å². The number of nitrogens with zero attached hydrogens (tertiary/aromatic N) is 1. The van der Waals surface area contributed by atoms with Gasteiger partial charge in [0.2, 0.25) is 0 Å². The number of aromatic nitrogens is 3. The van der Waals surface area contributed by atoms with Gasteiger partial charge in [-0.05, 0) is 18.6 Å². The molecule has 3 aromatic heterocycles. The van der Waals surface area contributed by atoms with E-state index in [9.17, 15) is 0 Å². The Morgan fingerprint density at radius 3 is 2.75 bits per heavy atom. The molecule has 0 amide bonds. The predicted molar refractivity (Wildman–Crippen MR) is 83.9 cm³/mol. The van der Waals surface area contributed by atoms with Crippen molar-refractivity contribution in [1.82, 2.24) is 15.0 Å². The fourth-order valence-electron chi connectivity index (χ4n) is 2.48. The molecule has 98 valence electrons. The van der Waals surface area contributed by atoms with E-state index in [1.165, 1.54) is 10.9 Å². The van der Waals surface area contributed by atoms with Crippen molar-refractivity contribution in [2.24, 2.45) is 0 Å². The van der Waals surface area contributed by atoms with Gasteiger partial charge in [-0.25, -0.2) is 4.98 Å². The summed E-state index contributed by atoms with van der Waals surface area (Å²) < 4.78 is 0. The minimum atomic E-state index is 1.04. The Kier molecular flexibility index (Phi) is 2.50. The molecule has 4 aromatic rings. The summed E-state index contributed by atoms with van der Waals surface area (Å²) >= 11 is 1.68. The summed E-state index contributed by atoms with van der Waals surface area (Å²) in [6.07, 6.45) is 2.02. The highest BCUT2D eigenvalue weighted by Gasteiger charge is 2.12. The lowest BCUT2D eigenvalue weighted by Crippen LogP contribution is -1.76. The molecule has 3 nitrogen and oxygen atoms in total. The van der Waals surface area contributed by atoms with E-state index in [2.05, 4.69) is 50.7 Å². The van der Waals surface area contributed by atoms with Crippen molar-refractivity contribution in [2.45, 2.75) is 6.92 Å². The molecule has 0 unspecified atom stereocenters. The Morgan fingerprint density at radius 1 is 1.15 bits per heavy atom. The van der Waals surface area contributed by atoms with Crippen LogP contribution in [0, 0.1) is 6.92 Å². The summed E-state index contributed by atoms with van der Waals surface area (Å²) in [5.74, 6) is 0. The lowest BCUT2D eigenvalue weighted by molar-refractivity contribution is 1.30. The molecule has 0 aliphatic rings. The Morgan fingerprint density at radius 2 is 2.00 bits per heavy atom. The van der Waals surface area contributed by atoms with E-state index < -0.39 is 0 Å². The lowest BCUT2D eigenvalue weighted by Gasteiger charge is -1.95. The van der Waals surface area contributed by atoms with Crippen molar-refractivity contribution >= 4 is 22.4 Å². The number of hydrogen-bond donors (Lipinski definition) is 2. The van der Waals surface area contributed by atoms with Gasteiger partial charge in [0.05, 0.1) is 10.7 Å². The standard InChI is InChI=1S/C16H13N3S/c1-10-18-15(9-20-10)13-8-17-16-12(13)7-14(19-16)11-5-3-2-4-6-11/h2-9,17,19H,1H3. The number of rotatable bonds is 2. The molecule has 0 atom stereocenters. The quantitative estimate of drug-likeness (QED) is 0.553. The number of nitrogens with one attached hydrogen (secondary N) is 2. The zero-order chi connectivity index (χ0) is 13.5. The first-order chi connectivity index (χ1) is 9.81. The summed E-state index contributed by atoms with van der Waals surface area (Å²) in [7, 11) is 0. The molecule has 20 heavy (non-hydrogen) atoms. The van der Waals surface area contributed by atoms with E-state index in [1.807, 2.05) is 19.2 Å². The highest BCUT2D eigenvalue weighted by atomic mass is 32.1. The second-order valence-electron chi connectivity index (χ2n) is 4.79. The molecule has 1 aromatic carbocycles.